The molecule has 0 aliphatic rings. The van der Waals surface area contributed by atoms with E-state index in [4.69, 9.17) is 19.4 Å². The van der Waals surface area contributed by atoms with Crippen LogP contribution < -0.4 is 31.8 Å². The van der Waals surface area contributed by atoms with Gasteiger partial charge in [-0.1, -0.05) is 146 Å². The number of hydrogen-bond acceptors (Lipinski definition) is 0. The SMILES string of the molecule is Cc1ccccc1P(c1ccccc1C)c1ccccc1C.Cc1ccccc1P(c1ccccc1C)c1ccccc1C.[Cl][Rh][Cl]. The van der Waals surface area contributed by atoms with E-state index < -0.39 is 15.8 Å². The summed E-state index contributed by atoms with van der Waals surface area (Å²) in [7, 11) is 8.65. The summed E-state index contributed by atoms with van der Waals surface area (Å²) >= 11 is -0.226. The van der Waals surface area contributed by atoms with E-state index in [1.54, 1.807) is 0 Å². The van der Waals surface area contributed by atoms with E-state index in [1.165, 1.54) is 65.2 Å². The van der Waals surface area contributed by atoms with Gasteiger partial charge >= 0.3 is 34.5 Å². The predicted octanol–water partition coefficient (Wildman–Crippen LogP) is 10.1. The van der Waals surface area contributed by atoms with Crippen LogP contribution in [0, 0.1) is 41.5 Å². The summed E-state index contributed by atoms with van der Waals surface area (Å²) in [5.41, 5.74) is 8.25. The van der Waals surface area contributed by atoms with Gasteiger partial charge < -0.3 is 0 Å². The van der Waals surface area contributed by atoms with Gasteiger partial charge in [-0.25, -0.2) is 0 Å². The third kappa shape index (κ3) is 9.73. The summed E-state index contributed by atoms with van der Waals surface area (Å²) < 4.78 is 0. The van der Waals surface area contributed by atoms with E-state index in [9.17, 15) is 0 Å². The van der Waals surface area contributed by atoms with Crippen LogP contribution in [0.15, 0.2) is 146 Å². The molecule has 0 bridgehead atoms. The van der Waals surface area contributed by atoms with Gasteiger partial charge in [0.05, 0.1) is 0 Å². The molecule has 0 saturated heterocycles. The molecule has 0 heterocycles. The molecule has 0 fully saturated rings. The Hall–Kier alpha value is -2.62. The molecule has 0 nitrogen and oxygen atoms in total. The maximum atomic E-state index is 4.83. The molecule has 6 rings (SSSR count). The van der Waals surface area contributed by atoms with E-state index in [0.29, 0.717) is 0 Å². The zero-order chi connectivity index (χ0) is 33.8. The monoisotopic (exact) mass is 781 g/mol. The first-order valence-electron chi connectivity index (χ1n) is 15.6. The third-order valence-electron chi connectivity index (χ3n) is 8.14. The van der Waals surface area contributed by atoms with Crippen LogP contribution in [-0.4, -0.2) is 0 Å². The van der Waals surface area contributed by atoms with Crippen molar-refractivity contribution in [1.82, 2.24) is 0 Å². The van der Waals surface area contributed by atoms with Gasteiger partial charge in [0.2, 0.25) is 0 Å². The Morgan fingerprint density at radius 3 is 0.553 bits per heavy atom. The minimum atomic E-state index is -0.508. The second kappa shape index (κ2) is 18.8. The fraction of sp³-hybridized carbons (Fsp3) is 0.143. The Morgan fingerprint density at radius 2 is 0.426 bits per heavy atom. The normalized spacial score (nSPS) is 10.7. The van der Waals surface area contributed by atoms with Crippen molar-refractivity contribution >= 4 is 67.1 Å². The van der Waals surface area contributed by atoms with Crippen molar-refractivity contribution in [3.63, 3.8) is 0 Å². The summed E-state index contributed by atoms with van der Waals surface area (Å²) in [5.74, 6) is 0. The number of aryl methyl sites for hydroxylation is 6. The first kappa shape index (κ1) is 37.2. The standard InChI is InChI=1S/2C21H21P.2ClH.Rh/c2*1-16-10-4-7-13-19(16)22(20-14-8-5-11-17(20)2)21-15-9-6-12-18(21)3;;;/h2*4-15H,1-3H3;2*1H;/q;;;;+2/p-2. The van der Waals surface area contributed by atoms with Crippen molar-refractivity contribution in [2.75, 3.05) is 0 Å². The van der Waals surface area contributed by atoms with Crippen molar-refractivity contribution < 1.29 is 15.1 Å². The topological polar surface area (TPSA) is 0 Å². The third-order valence-corrected chi connectivity index (χ3v) is 14.0. The van der Waals surface area contributed by atoms with E-state index in [1.807, 2.05) is 0 Å². The van der Waals surface area contributed by atoms with Crippen LogP contribution in [0.4, 0.5) is 0 Å². The number of rotatable bonds is 6. The molecule has 0 radical (unpaired) electrons. The van der Waals surface area contributed by atoms with Crippen LogP contribution in [0.2, 0.25) is 0 Å². The Balaban J connectivity index is 0.000000197. The molecule has 0 N–H and O–H groups in total. The van der Waals surface area contributed by atoms with Crippen molar-refractivity contribution in [3.05, 3.63) is 179 Å². The molecule has 6 aromatic carbocycles. The van der Waals surface area contributed by atoms with Crippen LogP contribution in [0.1, 0.15) is 33.4 Å². The van der Waals surface area contributed by atoms with E-state index in [-0.39, 0.29) is 15.1 Å². The number of hydrogen-bond donors (Lipinski definition) is 0. The summed E-state index contributed by atoms with van der Waals surface area (Å²) in [6.45, 7) is 13.3. The average molecular weight is 783 g/mol. The van der Waals surface area contributed by atoms with Gasteiger partial charge in [0.15, 0.2) is 0 Å². The molecule has 0 aliphatic carbocycles. The predicted molar refractivity (Wildman–Crippen MR) is 210 cm³/mol. The molecule has 6 aromatic rings. The van der Waals surface area contributed by atoms with Crippen LogP contribution in [-0.2, 0) is 15.1 Å². The molecule has 243 valence electrons. The maximum absolute atomic E-state index is 4.83. The quantitative estimate of drug-likeness (QED) is 0.117. The van der Waals surface area contributed by atoms with Gasteiger partial charge in [0.25, 0.3) is 0 Å². The molecular weight excluding hydrogens is 740 g/mol. The Kier molecular flexibility index (Phi) is 14.9. The van der Waals surface area contributed by atoms with Gasteiger partial charge in [0, 0.05) is 0 Å². The Bertz CT molecular complexity index is 1530. The Labute approximate surface area is 300 Å². The molecule has 0 aliphatic heterocycles. The zero-order valence-electron chi connectivity index (χ0n) is 27.8. The number of halogens is 2. The first-order valence-corrected chi connectivity index (χ1v) is 22.5. The molecule has 0 spiro atoms. The second-order valence-electron chi connectivity index (χ2n) is 11.4. The second-order valence-corrected chi connectivity index (χ2v) is 18.2. The van der Waals surface area contributed by atoms with Gasteiger partial charge in [0.1, 0.15) is 0 Å². The summed E-state index contributed by atoms with van der Waals surface area (Å²) in [5, 5.41) is 8.76. The molecule has 0 unspecified atom stereocenters. The van der Waals surface area contributed by atoms with Crippen LogP contribution >= 0.6 is 35.2 Å². The molecule has 0 amide bonds. The van der Waals surface area contributed by atoms with E-state index in [0.717, 1.165) is 0 Å². The fourth-order valence-electron chi connectivity index (χ4n) is 5.66. The molecular formula is C42H42Cl2P2Rh. The van der Waals surface area contributed by atoms with Crippen LogP contribution in [0.25, 0.3) is 0 Å². The molecule has 0 atom stereocenters. The number of benzene rings is 6. The van der Waals surface area contributed by atoms with Crippen molar-refractivity contribution in [3.8, 4) is 0 Å². The first-order chi connectivity index (χ1) is 22.8. The zero-order valence-corrected chi connectivity index (χ0v) is 32.8. The van der Waals surface area contributed by atoms with Gasteiger partial charge in [-0.3, -0.25) is 0 Å². The van der Waals surface area contributed by atoms with Gasteiger partial charge in [-0.15, -0.1) is 0 Å². The molecule has 0 saturated carbocycles. The van der Waals surface area contributed by atoms with Crippen molar-refractivity contribution in [2.24, 2.45) is 0 Å². The van der Waals surface area contributed by atoms with E-state index >= 15 is 0 Å². The van der Waals surface area contributed by atoms with Crippen LogP contribution in [0.5, 0.6) is 0 Å². The fourth-order valence-corrected chi connectivity index (χ4v) is 11.2. The van der Waals surface area contributed by atoms with Gasteiger partial charge in [-0.2, -0.15) is 0 Å². The van der Waals surface area contributed by atoms with E-state index in [2.05, 4.69) is 187 Å². The summed E-state index contributed by atoms with van der Waals surface area (Å²) in [6.07, 6.45) is 0. The van der Waals surface area contributed by atoms with Gasteiger partial charge in [-0.05, 0) is 123 Å². The molecule has 5 heteroatoms. The minimum absolute atomic E-state index is 0.226. The summed E-state index contributed by atoms with van der Waals surface area (Å²) in [4.78, 5) is 0. The average Bonchev–Trinajstić information content (AvgIpc) is 3.07. The molecule has 0 aromatic heterocycles. The van der Waals surface area contributed by atoms with Crippen molar-refractivity contribution in [2.45, 2.75) is 41.5 Å². The Morgan fingerprint density at radius 1 is 0.298 bits per heavy atom. The summed E-state index contributed by atoms with van der Waals surface area (Å²) in [6, 6.07) is 52.8. The molecule has 47 heavy (non-hydrogen) atoms. The van der Waals surface area contributed by atoms with Crippen molar-refractivity contribution in [1.29, 1.82) is 0 Å². The van der Waals surface area contributed by atoms with Crippen LogP contribution in [0.3, 0.4) is 0 Å².